The molecule has 6 nitrogen and oxygen atoms in total. The number of aryl methyl sites for hydroxylation is 1. The van der Waals surface area contributed by atoms with Gasteiger partial charge < -0.3 is 14.2 Å². The summed E-state index contributed by atoms with van der Waals surface area (Å²) in [6.07, 6.45) is 5.80. The normalized spacial score (nSPS) is 15.8. The molecule has 0 radical (unpaired) electrons. The van der Waals surface area contributed by atoms with Crippen molar-refractivity contribution < 1.29 is 4.42 Å². The molecule has 0 N–H and O–H groups in total. The fourth-order valence-electron chi connectivity index (χ4n) is 3.17. The highest BCUT2D eigenvalue weighted by Gasteiger charge is 2.26. The number of para-hydroxylation sites is 2. The number of nitrogens with zero attached hydrogens (tertiary/aromatic N) is 5. The molecule has 0 spiro atoms. The van der Waals surface area contributed by atoms with Crippen molar-refractivity contribution in [2.45, 2.75) is 25.8 Å². The van der Waals surface area contributed by atoms with Crippen LogP contribution in [-0.4, -0.2) is 41.1 Å². The van der Waals surface area contributed by atoms with Crippen LogP contribution in [0.25, 0.3) is 11.1 Å². The van der Waals surface area contributed by atoms with Crippen LogP contribution in [0.1, 0.15) is 18.4 Å². The smallest absolute Gasteiger partial charge is 0.298 e. The molecule has 1 saturated heterocycles. The molecule has 3 heterocycles. The first-order chi connectivity index (χ1) is 11.7. The third kappa shape index (κ3) is 2.79. The van der Waals surface area contributed by atoms with E-state index in [2.05, 4.69) is 31.8 Å². The van der Waals surface area contributed by atoms with E-state index in [1.54, 1.807) is 0 Å². The molecule has 2 aromatic heterocycles. The Hall–Kier alpha value is -2.63. The first-order valence-corrected chi connectivity index (χ1v) is 8.33. The lowest BCUT2D eigenvalue weighted by molar-refractivity contribution is 0.450. The average Bonchev–Trinajstić information content (AvgIpc) is 3.06. The zero-order chi connectivity index (χ0) is 16.5. The van der Waals surface area contributed by atoms with Gasteiger partial charge in [-0.2, -0.15) is 4.98 Å². The molecule has 0 atom stereocenters. The Labute approximate surface area is 141 Å². The number of hydrogen-bond acceptors (Lipinski definition) is 6. The van der Waals surface area contributed by atoms with Gasteiger partial charge in [-0.15, -0.1) is 0 Å². The number of benzene rings is 1. The summed E-state index contributed by atoms with van der Waals surface area (Å²) in [5.74, 6) is 0.793. The maximum atomic E-state index is 5.88. The van der Waals surface area contributed by atoms with Gasteiger partial charge in [0.05, 0.1) is 0 Å². The summed E-state index contributed by atoms with van der Waals surface area (Å²) in [6.45, 7) is 3.85. The van der Waals surface area contributed by atoms with E-state index >= 15 is 0 Å². The fraction of sp³-hybridized carbons (Fsp3) is 0.389. The first-order valence-electron chi connectivity index (χ1n) is 8.33. The zero-order valence-corrected chi connectivity index (χ0v) is 14.0. The van der Waals surface area contributed by atoms with E-state index in [9.17, 15) is 0 Å². The molecule has 124 valence electrons. The van der Waals surface area contributed by atoms with Gasteiger partial charge in [-0.25, -0.2) is 9.97 Å². The molecule has 1 aliphatic rings. The van der Waals surface area contributed by atoms with E-state index < -0.39 is 0 Å². The van der Waals surface area contributed by atoms with E-state index in [0.717, 1.165) is 54.6 Å². The lowest BCUT2D eigenvalue weighted by atomic mass is 10.0. The average molecular weight is 323 g/mol. The highest BCUT2D eigenvalue weighted by atomic mass is 16.4. The molecule has 1 fully saturated rings. The molecule has 1 aliphatic heterocycles. The largest absolute Gasteiger partial charge is 0.423 e. The Morgan fingerprint density at radius 3 is 2.54 bits per heavy atom. The van der Waals surface area contributed by atoms with Crippen molar-refractivity contribution >= 4 is 23.1 Å². The van der Waals surface area contributed by atoms with Gasteiger partial charge in [0.15, 0.2) is 5.58 Å². The maximum absolute atomic E-state index is 5.88. The summed E-state index contributed by atoms with van der Waals surface area (Å²) < 4.78 is 5.88. The third-order valence-electron chi connectivity index (χ3n) is 4.65. The van der Waals surface area contributed by atoms with Crippen molar-refractivity contribution in [3.63, 3.8) is 0 Å². The lowest BCUT2D eigenvalue weighted by Gasteiger charge is -2.36. The highest BCUT2D eigenvalue weighted by Crippen LogP contribution is 2.26. The highest BCUT2D eigenvalue weighted by molar-refractivity contribution is 5.74. The molecule has 0 aliphatic carbocycles. The van der Waals surface area contributed by atoms with Crippen LogP contribution in [0.15, 0.2) is 41.1 Å². The van der Waals surface area contributed by atoms with Crippen LogP contribution >= 0.6 is 0 Å². The third-order valence-corrected chi connectivity index (χ3v) is 4.65. The predicted molar refractivity (Wildman–Crippen MR) is 94.4 cm³/mol. The summed E-state index contributed by atoms with van der Waals surface area (Å²) in [6, 6.07) is 9.06. The van der Waals surface area contributed by atoms with Crippen LogP contribution in [-0.2, 0) is 0 Å². The SMILES string of the molecule is Cc1cnc(N(C)C2CCN(c3nc4ccccc4o3)CC2)nc1. The number of piperidine rings is 1. The van der Waals surface area contributed by atoms with Crippen LogP contribution in [0.4, 0.5) is 12.0 Å². The predicted octanol–water partition coefficient (Wildman–Crippen LogP) is 3.03. The zero-order valence-electron chi connectivity index (χ0n) is 14.0. The Morgan fingerprint density at radius 2 is 1.83 bits per heavy atom. The Kier molecular flexibility index (Phi) is 3.80. The number of fused-ring (bicyclic) bond motifs is 1. The molecule has 24 heavy (non-hydrogen) atoms. The number of hydrogen-bond donors (Lipinski definition) is 0. The summed E-state index contributed by atoms with van der Waals surface area (Å²) in [7, 11) is 2.07. The van der Waals surface area contributed by atoms with E-state index in [4.69, 9.17) is 4.42 Å². The summed E-state index contributed by atoms with van der Waals surface area (Å²) in [5.41, 5.74) is 2.84. The molecular weight excluding hydrogens is 302 g/mol. The molecule has 0 unspecified atom stereocenters. The van der Waals surface area contributed by atoms with E-state index in [1.807, 2.05) is 43.6 Å². The number of oxazole rings is 1. The summed E-state index contributed by atoms with van der Waals surface area (Å²) >= 11 is 0. The van der Waals surface area contributed by atoms with E-state index in [1.165, 1.54) is 0 Å². The number of anilines is 2. The Bertz CT molecular complexity index is 788. The number of rotatable bonds is 3. The van der Waals surface area contributed by atoms with E-state index in [0.29, 0.717) is 6.04 Å². The molecule has 4 rings (SSSR count). The Morgan fingerprint density at radius 1 is 1.12 bits per heavy atom. The first kappa shape index (κ1) is 14.9. The van der Waals surface area contributed by atoms with Crippen LogP contribution in [0.2, 0.25) is 0 Å². The quantitative estimate of drug-likeness (QED) is 0.738. The molecule has 1 aromatic carbocycles. The van der Waals surface area contributed by atoms with Gasteiger partial charge in [0.25, 0.3) is 6.01 Å². The summed E-state index contributed by atoms with van der Waals surface area (Å²) in [4.78, 5) is 17.9. The minimum absolute atomic E-state index is 0.438. The number of aromatic nitrogens is 3. The van der Waals surface area contributed by atoms with Crippen molar-refractivity contribution in [1.82, 2.24) is 15.0 Å². The van der Waals surface area contributed by atoms with Gasteiger partial charge in [0, 0.05) is 38.6 Å². The lowest BCUT2D eigenvalue weighted by Crippen LogP contribution is -2.44. The molecular formula is C18H21N5O. The standard InChI is InChI=1S/C18H21N5O/c1-13-11-19-17(20-12-13)22(2)14-7-9-23(10-8-14)18-21-15-5-3-4-6-16(15)24-18/h3-6,11-12,14H,7-10H2,1-2H3. The Balaban J connectivity index is 1.43. The van der Waals surface area contributed by atoms with Crippen molar-refractivity contribution in [2.24, 2.45) is 0 Å². The molecule has 6 heteroatoms. The van der Waals surface area contributed by atoms with Gasteiger partial charge in [0.2, 0.25) is 5.95 Å². The van der Waals surface area contributed by atoms with Crippen molar-refractivity contribution in [2.75, 3.05) is 29.9 Å². The van der Waals surface area contributed by atoms with Crippen molar-refractivity contribution in [3.8, 4) is 0 Å². The van der Waals surface area contributed by atoms with Crippen LogP contribution < -0.4 is 9.80 Å². The second-order valence-electron chi connectivity index (χ2n) is 6.35. The minimum Gasteiger partial charge on any atom is -0.423 e. The van der Waals surface area contributed by atoms with Gasteiger partial charge in [-0.3, -0.25) is 0 Å². The van der Waals surface area contributed by atoms with E-state index in [-0.39, 0.29) is 0 Å². The second-order valence-corrected chi connectivity index (χ2v) is 6.35. The second kappa shape index (κ2) is 6.11. The molecule has 3 aromatic rings. The molecule has 0 amide bonds. The monoisotopic (exact) mass is 323 g/mol. The molecule has 0 saturated carbocycles. The van der Waals surface area contributed by atoms with Gasteiger partial charge >= 0.3 is 0 Å². The fourth-order valence-corrected chi connectivity index (χ4v) is 3.17. The molecule has 0 bridgehead atoms. The van der Waals surface area contributed by atoms with Crippen molar-refractivity contribution in [3.05, 3.63) is 42.2 Å². The van der Waals surface area contributed by atoms with Gasteiger partial charge in [-0.1, -0.05) is 12.1 Å². The van der Waals surface area contributed by atoms with Gasteiger partial charge in [0.1, 0.15) is 5.52 Å². The maximum Gasteiger partial charge on any atom is 0.298 e. The van der Waals surface area contributed by atoms with Crippen molar-refractivity contribution in [1.29, 1.82) is 0 Å². The summed E-state index contributed by atoms with van der Waals surface area (Å²) in [5, 5.41) is 0. The van der Waals surface area contributed by atoms with Crippen LogP contribution in [0.3, 0.4) is 0 Å². The minimum atomic E-state index is 0.438. The topological polar surface area (TPSA) is 58.3 Å². The van der Waals surface area contributed by atoms with Crippen LogP contribution in [0, 0.1) is 6.92 Å². The van der Waals surface area contributed by atoms with Crippen LogP contribution in [0.5, 0.6) is 0 Å². The van der Waals surface area contributed by atoms with Gasteiger partial charge in [-0.05, 0) is 37.5 Å².